The van der Waals surface area contributed by atoms with Gasteiger partial charge in [0.05, 0.1) is 17.8 Å². The summed E-state index contributed by atoms with van der Waals surface area (Å²) in [6.07, 6.45) is 3.44. The summed E-state index contributed by atoms with van der Waals surface area (Å²) in [5.74, 6) is -2.09. The number of phenols is 1. The van der Waals surface area contributed by atoms with E-state index in [9.17, 15) is 18.7 Å². The molecular weight excluding hydrogens is 384 g/mol. The van der Waals surface area contributed by atoms with Crippen molar-refractivity contribution in [2.24, 2.45) is 0 Å². The minimum atomic E-state index is -0.707. The SMILES string of the molecule is CSN(C)c1c2c(c(O)c3ncccc13)C(=O)N(Cc1c(F)cccc1F)C2. The molecule has 0 fully saturated rings. The summed E-state index contributed by atoms with van der Waals surface area (Å²) in [4.78, 5) is 18.6. The van der Waals surface area contributed by atoms with Gasteiger partial charge in [-0.15, -0.1) is 0 Å². The van der Waals surface area contributed by atoms with Gasteiger partial charge < -0.3 is 14.3 Å². The molecular formula is C20H17F2N3O2S. The first-order valence-corrected chi connectivity index (χ1v) is 9.74. The summed E-state index contributed by atoms with van der Waals surface area (Å²) >= 11 is 1.45. The van der Waals surface area contributed by atoms with Gasteiger partial charge in [0.1, 0.15) is 17.2 Å². The van der Waals surface area contributed by atoms with Crippen molar-refractivity contribution >= 4 is 34.4 Å². The van der Waals surface area contributed by atoms with E-state index >= 15 is 0 Å². The number of hydrogen-bond donors (Lipinski definition) is 1. The van der Waals surface area contributed by atoms with Gasteiger partial charge in [0, 0.05) is 42.6 Å². The lowest BCUT2D eigenvalue weighted by Crippen LogP contribution is -2.24. The lowest BCUT2D eigenvalue weighted by Gasteiger charge is -2.22. The van der Waals surface area contributed by atoms with Gasteiger partial charge in [0.15, 0.2) is 5.75 Å². The highest BCUT2D eigenvalue weighted by Gasteiger charge is 2.36. The number of aromatic nitrogens is 1. The van der Waals surface area contributed by atoms with E-state index in [2.05, 4.69) is 4.98 Å². The average Bonchev–Trinajstić information content (AvgIpc) is 3.01. The number of phenolic OH excluding ortho intramolecular Hbond substituents is 1. The van der Waals surface area contributed by atoms with Gasteiger partial charge in [-0.1, -0.05) is 18.0 Å². The Morgan fingerprint density at radius 3 is 2.64 bits per heavy atom. The smallest absolute Gasteiger partial charge is 0.258 e. The second kappa shape index (κ2) is 6.94. The molecule has 28 heavy (non-hydrogen) atoms. The van der Waals surface area contributed by atoms with Gasteiger partial charge in [0.2, 0.25) is 0 Å². The molecule has 5 nitrogen and oxygen atoms in total. The standard InChI is InChI=1S/C20H17F2N3O2S/c1-24(28-2)18-11-5-4-8-23-17(11)19(26)16-13(18)10-25(20(16)27)9-12-14(21)6-3-7-15(12)22/h3-8,26H,9-10H2,1-2H3. The molecule has 4 rings (SSSR count). The van der Waals surface area contributed by atoms with Crippen LogP contribution in [-0.4, -0.2) is 34.2 Å². The van der Waals surface area contributed by atoms with Crippen LogP contribution in [0.5, 0.6) is 5.75 Å². The number of carbonyl (C=O) groups excluding carboxylic acids is 1. The Morgan fingerprint density at radius 2 is 1.96 bits per heavy atom. The summed E-state index contributed by atoms with van der Waals surface area (Å²) in [5.41, 5.74) is 1.67. The first-order chi connectivity index (χ1) is 13.4. The van der Waals surface area contributed by atoms with Crippen LogP contribution >= 0.6 is 11.9 Å². The lowest BCUT2D eigenvalue weighted by molar-refractivity contribution is 0.0761. The van der Waals surface area contributed by atoms with Crippen molar-refractivity contribution in [3.63, 3.8) is 0 Å². The van der Waals surface area contributed by atoms with E-state index in [0.29, 0.717) is 16.5 Å². The number of fused-ring (bicyclic) bond motifs is 2. The normalized spacial score (nSPS) is 13.3. The molecule has 0 spiro atoms. The Morgan fingerprint density at radius 1 is 1.25 bits per heavy atom. The maximum atomic E-state index is 14.1. The molecule has 0 bridgehead atoms. The number of hydrogen-bond acceptors (Lipinski definition) is 5. The van der Waals surface area contributed by atoms with Crippen LogP contribution in [0.1, 0.15) is 21.5 Å². The molecule has 1 aliphatic rings. The highest BCUT2D eigenvalue weighted by molar-refractivity contribution is 7.99. The van der Waals surface area contributed by atoms with Crippen LogP contribution in [0, 0.1) is 11.6 Å². The van der Waals surface area contributed by atoms with Crippen molar-refractivity contribution in [2.45, 2.75) is 13.1 Å². The maximum absolute atomic E-state index is 14.1. The highest BCUT2D eigenvalue weighted by atomic mass is 32.2. The maximum Gasteiger partial charge on any atom is 0.258 e. The second-order valence-electron chi connectivity index (χ2n) is 6.49. The summed E-state index contributed by atoms with van der Waals surface area (Å²) in [6, 6.07) is 7.19. The van der Waals surface area contributed by atoms with Crippen molar-refractivity contribution in [3.8, 4) is 5.75 Å². The van der Waals surface area contributed by atoms with Gasteiger partial charge in [-0.25, -0.2) is 8.78 Å². The molecule has 0 aliphatic carbocycles. The van der Waals surface area contributed by atoms with E-state index in [1.54, 1.807) is 12.3 Å². The number of rotatable bonds is 4. The molecule has 1 aromatic heterocycles. The summed E-state index contributed by atoms with van der Waals surface area (Å²) in [5, 5.41) is 11.4. The number of halogens is 2. The first kappa shape index (κ1) is 18.5. The molecule has 0 saturated carbocycles. The highest BCUT2D eigenvalue weighted by Crippen LogP contribution is 2.45. The number of pyridine rings is 1. The fourth-order valence-electron chi connectivity index (χ4n) is 3.59. The zero-order chi connectivity index (χ0) is 20.0. The van der Waals surface area contributed by atoms with Gasteiger partial charge >= 0.3 is 0 Å². The van der Waals surface area contributed by atoms with Crippen LogP contribution in [-0.2, 0) is 13.1 Å². The topological polar surface area (TPSA) is 56.7 Å². The monoisotopic (exact) mass is 401 g/mol. The third kappa shape index (κ3) is 2.75. The van der Waals surface area contributed by atoms with Crippen molar-refractivity contribution in [3.05, 3.63) is 64.9 Å². The molecule has 0 unspecified atom stereocenters. The van der Waals surface area contributed by atoms with Gasteiger partial charge in [-0.2, -0.15) is 0 Å². The van der Waals surface area contributed by atoms with Crippen LogP contribution in [0.4, 0.5) is 14.5 Å². The van der Waals surface area contributed by atoms with Crippen LogP contribution < -0.4 is 4.31 Å². The Balaban J connectivity index is 1.86. The number of nitrogens with zero attached hydrogens (tertiary/aromatic N) is 3. The molecule has 144 valence electrons. The van der Waals surface area contributed by atoms with Gasteiger partial charge in [-0.05, 0) is 24.3 Å². The van der Waals surface area contributed by atoms with Crippen LogP contribution in [0.3, 0.4) is 0 Å². The quantitative estimate of drug-likeness (QED) is 0.668. The fraction of sp³-hybridized carbons (Fsp3) is 0.200. The molecule has 3 aromatic rings. The fourth-order valence-corrected chi connectivity index (χ4v) is 3.98. The molecule has 8 heteroatoms. The van der Waals surface area contributed by atoms with Gasteiger partial charge in [0.25, 0.3) is 5.91 Å². The Bertz CT molecular complexity index is 1090. The van der Waals surface area contributed by atoms with Crippen LogP contribution in [0.15, 0.2) is 36.5 Å². The van der Waals surface area contributed by atoms with Crippen molar-refractivity contribution < 1.29 is 18.7 Å². The van der Waals surface area contributed by atoms with E-state index in [4.69, 9.17) is 0 Å². The van der Waals surface area contributed by atoms with E-state index in [0.717, 1.165) is 17.8 Å². The minimum absolute atomic E-state index is 0.138. The molecule has 1 N–H and O–H groups in total. The number of carbonyl (C=O) groups is 1. The van der Waals surface area contributed by atoms with E-state index in [1.165, 1.54) is 22.9 Å². The summed E-state index contributed by atoms with van der Waals surface area (Å²) < 4.78 is 30.1. The van der Waals surface area contributed by atoms with Crippen molar-refractivity contribution in [2.75, 3.05) is 17.6 Å². The third-order valence-corrected chi connectivity index (χ3v) is 5.69. The molecule has 0 saturated heterocycles. The molecule has 2 aromatic carbocycles. The predicted octanol–water partition coefficient (Wildman–Crippen LogP) is 4.09. The average molecular weight is 401 g/mol. The van der Waals surface area contributed by atoms with E-state index in [-0.39, 0.29) is 30.0 Å². The number of benzene rings is 2. The molecule has 1 amide bonds. The molecule has 0 radical (unpaired) electrons. The Hall–Kier alpha value is -2.87. The largest absolute Gasteiger partial charge is 0.505 e. The van der Waals surface area contributed by atoms with E-state index < -0.39 is 17.5 Å². The zero-order valence-corrected chi connectivity index (χ0v) is 16.1. The van der Waals surface area contributed by atoms with Crippen molar-refractivity contribution in [1.82, 2.24) is 9.88 Å². The van der Waals surface area contributed by atoms with E-state index in [1.807, 2.05) is 23.7 Å². The number of aromatic hydroxyl groups is 1. The lowest BCUT2D eigenvalue weighted by atomic mass is 10.0. The minimum Gasteiger partial charge on any atom is -0.505 e. The van der Waals surface area contributed by atoms with Crippen LogP contribution in [0.25, 0.3) is 10.9 Å². The molecule has 2 heterocycles. The predicted molar refractivity (Wildman–Crippen MR) is 105 cm³/mol. The molecule has 1 aliphatic heterocycles. The van der Waals surface area contributed by atoms with Crippen molar-refractivity contribution in [1.29, 1.82) is 0 Å². The zero-order valence-electron chi connectivity index (χ0n) is 15.2. The summed E-state index contributed by atoms with van der Waals surface area (Å²) in [6.45, 7) is -0.0851. The Labute approximate surface area is 164 Å². The third-order valence-electron chi connectivity index (χ3n) is 4.96. The van der Waals surface area contributed by atoms with Gasteiger partial charge in [-0.3, -0.25) is 9.78 Å². The Kier molecular flexibility index (Phi) is 4.58. The number of anilines is 1. The second-order valence-corrected chi connectivity index (χ2v) is 7.40. The molecule has 0 atom stereocenters. The van der Waals surface area contributed by atoms with Crippen LogP contribution in [0.2, 0.25) is 0 Å². The first-order valence-electron chi connectivity index (χ1n) is 8.56. The summed E-state index contributed by atoms with van der Waals surface area (Å²) in [7, 11) is 1.85. The number of amides is 1.